The maximum atomic E-state index is 12.3. The van der Waals surface area contributed by atoms with Crippen LogP contribution in [0.15, 0.2) is 107 Å². The van der Waals surface area contributed by atoms with Gasteiger partial charge in [-0.3, -0.25) is 0 Å². The van der Waals surface area contributed by atoms with Gasteiger partial charge in [0.15, 0.2) is 0 Å². The van der Waals surface area contributed by atoms with Gasteiger partial charge < -0.3 is 30.4 Å². The number of rotatable bonds is 12. The van der Waals surface area contributed by atoms with Crippen molar-refractivity contribution in [3.05, 3.63) is 119 Å². The minimum atomic E-state index is -5.07. The van der Waals surface area contributed by atoms with E-state index in [-0.39, 0.29) is 116 Å². The molecule has 0 aliphatic heterocycles. The zero-order chi connectivity index (χ0) is 36.9. The second-order valence-electron chi connectivity index (χ2n) is 10.5. The summed E-state index contributed by atoms with van der Waals surface area (Å²) < 4.78 is 73.8. The van der Waals surface area contributed by atoms with Gasteiger partial charge in [0, 0.05) is 22.7 Å². The Labute approximate surface area is 363 Å². The molecular formula is C32H22Cl2N10Na2O6S2. The van der Waals surface area contributed by atoms with Crippen molar-refractivity contribution in [3.63, 3.8) is 0 Å². The predicted octanol–water partition coefficient (Wildman–Crippen LogP) is 0.324. The van der Waals surface area contributed by atoms with Gasteiger partial charge in [-0.25, -0.2) is 16.8 Å². The Kier molecular flexibility index (Phi) is 14.9. The maximum absolute atomic E-state index is 12.3. The van der Waals surface area contributed by atoms with Crippen LogP contribution in [0.5, 0.6) is 0 Å². The first-order valence-corrected chi connectivity index (χ1v) is 18.3. The standard InChI is InChI=1S/C32H24Cl2N10O6S2.2Na/c33-27-39-29(35-21-7-3-1-4-8-21)43-31(41-27)37-23-15-13-19(25(17-23)51(45,46)47)11-12-20-14-16-24(18-26(20)52(48,49)50)38-32-42-28(34)40-30(44-32)36-22-9-5-2-6-10-22;;/h1-18H,(H,45,46,47)(H,48,49,50)(H2,35,37,39,41,43)(H2,36,38,40,42,44);;/q;2*+1/p-2. The van der Waals surface area contributed by atoms with Crippen LogP contribution in [-0.4, -0.2) is 55.8 Å². The minimum Gasteiger partial charge on any atom is -0.744 e. The molecule has 54 heavy (non-hydrogen) atoms. The monoisotopic (exact) mass is 822 g/mol. The fraction of sp³-hybridized carbons (Fsp3) is 0. The Morgan fingerprint density at radius 2 is 0.778 bits per heavy atom. The molecule has 4 N–H and O–H groups in total. The third-order valence-electron chi connectivity index (χ3n) is 6.80. The Morgan fingerprint density at radius 1 is 0.463 bits per heavy atom. The van der Waals surface area contributed by atoms with E-state index in [0.29, 0.717) is 11.4 Å². The molecule has 0 aliphatic carbocycles. The summed E-state index contributed by atoms with van der Waals surface area (Å²) >= 11 is 12.1. The first kappa shape index (κ1) is 43.0. The number of nitrogens with one attached hydrogen (secondary N) is 4. The molecule has 0 amide bonds. The number of benzene rings is 4. The van der Waals surface area contributed by atoms with Gasteiger partial charge in [0.25, 0.3) is 0 Å². The largest absolute Gasteiger partial charge is 1.00 e. The Balaban J connectivity index is 0.00000325. The van der Waals surface area contributed by atoms with Crippen LogP contribution in [0.2, 0.25) is 10.6 Å². The number of hydrogen-bond acceptors (Lipinski definition) is 16. The number of anilines is 8. The fourth-order valence-electron chi connectivity index (χ4n) is 4.60. The molecule has 0 spiro atoms. The maximum Gasteiger partial charge on any atom is 1.00 e. The first-order valence-electron chi connectivity index (χ1n) is 14.7. The van der Waals surface area contributed by atoms with Crippen LogP contribution in [0, 0.1) is 0 Å². The topological polar surface area (TPSA) is 240 Å². The summed E-state index contributed by atoms with van der Waals surface area (Å²) in [6.07, 6.45) is 2.36. The number of aromatic nitrogens is 6. The third-order valence-corrected chi connectivity index (χ3v) is 8.92. The fourth-order valence-corrected chi connectivity index (χ4v) is 6.31. The van der Waals surface area contributed by atoms with Crippen molar-refractivity contribution < 1.29 is 85.1 Å². The Hall–Kier alpha value is -3.76. The van der Waals surface area contributed by atoms with Crippen molar-refractivity contribution in [1.29, 1.82) is 0 Å². The van der Waals surface area contributed by atoms with Gasteiger partial charge in [-0.2, -0.15) is 29.9 Å². The summed E-state index contributed by atoms with van der Waals surface area (Å²) in [6, 6.07) is 25.5. The summed E-state index contributed by atoms with van der Waals surface area (Å²) in [5.41, 5.74) is 1.36. The van der Waals surface area contributed by atoms with E-state index in [2.05, 4.69) is 51.2 Å². The molecule has 6 rings (SSSR count). The molecule has 0 fully saturated rings. The predicted molar refractivity (Wildman–Crippen MR) is 193 cm³/mol. The molecule has 16 nitrogen and oxygen atoms in total. The summed E-state index contributed by atoms with van der Waals surface area (Å²) in [5.74, 6) is 0.0746. The second kappa shape index (κ2) is 18.7. The van der Waals surface area contributed by atoms with E-state index < -0.39 is 30.0 Å². The van der Waals surface area contributed by atoms with Crippen LogP contribution in [0.3, 0.4) is 0 Å². The number of hydrogen-bond donors (Lipinski definition) is 4. The van der Waals surface area contributed by atoms with Gasteiger partial charge >= 0.3 is 59.1 Å². The minimum absolute atomic E-state index is 0. The van der Waals surface area contributed by atoms with Gasteiger partial charge in [0.2, 0.25) is 34.4 Å². The van der Waals surface area contributed by atoms with Gasteiger partial charge in [-0.1, -0.05) is 60.7 Å². The zero-order valence-electron chi connectivity index (χ0n) is 28.1. The molecule has 264 valence electrons. The van der Waals surface area contributed by atoms with Gasteiger partial charge in [0.05, 0.1) is 9.79 Å². The van der Waals surface area contributed by atoms with E-state index in [9.17, 15) is 25.9 Å². The van der Waals surface area contributed by atoms with Crippen LogP contribution >= 0.6 is 23.2 Å². The Morgan fingerprint density at radius 3 is 1.09 bits per heavy atom. The van der Waals surface area contributed by atoms with Gasteiger partial charge in [-0.05, 0) is 82.9 Å². The normalized spacial score (nSPS) is 11.3. The van der Waals surface area contributed by atoms with E-state index in [1.165, 1.54) is 36.4 Å². The van der Waals surface area contributed by atoms with E-state index in [1.807, 2.05) is 12.1 Å². The van der Waals surface area contributed by atoms with E-state index in [4.69, 9.17) is 23.2 Å². The molecule has 0 unspecified atom stereocenters. The van der Waals surface area contributed by atoms with Crippen LogP contribution < -0.4 is 80.4 Å². The van der Waals surface area contributed by atoms with Crippen molar-refractivity contribution in [3.8, 4) is 0 Å². The molecule has 22 heteroatoms. The molecule has 0 saturated carbocycles. The van der Waals surface area contributed by atoms with Crippen molar-refractivity contribution in [2.45, 2.75) is 9.79 Å². The molecule has 0 bridgehead atoms. The van der Waals surface area contributed by atoms with Gasteiger partial charge in [-0.15, -0.1) is 0 Å². The Bertz CT molecular complexity index is 2350. The number of nitrogens with zero attached hydrogens (tertiary/aromatic N) is 6. The van der Waals surface area contributed by atoms with E-state index in [0.717, 1.165) is 12.1 Å². The molecule has 2 aromatic heterocycles. The smallest absolute Gasteiger partial charge is 0.744 e. The first-order chi connectivity index (χ1) is 24.8. The van der Waals surface area contributed by atoms with Crippen molar-refractivity contribution in [2.75, 3.05) is 21.3 Å². The van der Waals surface area contributed by atoms with Crippen LogP contribution in [0.1, 0.15) is 11.1 Å². The molecule has 0 atom stereocenters. The molecule has 2 heterocycles. The van der Waals surface area contributed by atoms with Crippen LogP contribution in [0.25, 0.3) is 12.2 Å². The zero-order valence-corrected chi connectivity index (χ0v) is 35.2. The van der Waals surface area contributed by atoms with Crippen molar-refractivity contribution >= 4 is 102 Å². The molecule has 6 aromatic rings. The van der Waals surface area contributed by atoms with Crippen LogP contribution in [0.4, 0.5) is 46.5 Å². The molecule has 4 aromatic carbocycles. The molecule has 0 saturated heterocycles. The van der Waals surface area contributed by atoms with Crippen molar-refractivity contribution in [2.24, 2.45) is 0 Å². The average Bonchev–Trinajstić information content (AvgIpc) is 3.07. The summed E-state index contributed by atoms with van der Waals surface area (Å²) in [4.78, 5) is 23.1. The number of halogens is 2. The second-order valence-corrected chi connectivity index (χ2v) is 13.9. The summed E-state index contributed by atoms with van der Waals surface area (Å²) in [5, 5.41) is 11.2. The SMILES string of the molecule is O=S(=O)([O-])c1cc(Nc2nc(Cl)nc(Nc3ccccc3)n2)ccc1C=Cc1ccc(Nc2nc(Cl)nc(Nc3ccccc3)n2)cc1S(=O)(=O)[O-].[Na+].[Na+]. The number of para-hydroxylation sites is 2. The van der Waals surface area contributed by atoms with E-state index in [1.54, 1.807) is 48.5 Å². The summed E-state index contributed by atoms with van der Waals surface area (Å²) in [7, 11) is -10.1. The third kappa shape index (κ3) is 11.9. The molecule has 0 aliphatic rings. The molecular weight excluding hydrogens is 801 g/mol. The van der Waals surface area contributed by atoms with Crippen molar-refractivity contribution in [1.82, 2.24) is 29.9 Å². The molecule has 0 radical (unpaired) electrons. The van der Waals surface area contributed by atoms with Gasteiger partial charge in [0.1, 0.15) is 20.2 Å². The summed E-state index contributed by atoms with van der Waals surface area (Å²) in [6.45, 7) is 0. The van der Waals surface area contributed by atoms with Crippen LogP contribution in [-0.2, 0) is 20.2 Å². The quantitative estimate of drug-likeness (QED) is 0.0739. The van der Waals surface area contributed by atoms with E-state index >= 15 is 0 Å². The average molecular weight is 824 g/mol.